The van der Waals surface area contributed by atoms with E-state index in [0.29, 0.717) is 34.5 Å². The number of ether oxygens (including phenoxy) is 3. The number of thiazole rings is 1. The Labute approximate surface area is 170 Å². The van der Waals surface area contributed by atoms with E-state index in [0.717, 1.165) is 15.8 Å². The molecule has 0 aliphatic carbocycles. The van der Waals surface area contributed by atoms with E-state index in [1.54, 1.807) is 13.2 Å². The zero-order valence-corrected chi connectivity index (χ0v) is 16.6. The number of amides is 1. The van der Waals surface area contributed by atoms with Crippen LogP contribution < -0.4 is 14.3 Å². The van der Waals surface area contributed by atoms with Crippen LogP contribution in [0, 0.1) is 0 Å². The van der Waals surface area contributed by atoms with Crippen molar-refractivity contribution in [2.24, 2.45) is 4.99 Å². The summed E-state index contributed by atoms with van der Waals surface area (Å²) in [7, 11) is 1.64. The molecular weight excluding hydrogens is 400 g/mol. The van der Waals surface area contributed by atoms with Gasteiger partial charge in [-0.05, 0) is 42.0 Å². The van der Waals surface area contributed by atoms with Crippen molar-refractivity contribution in [3.8, 4) is 11.5 Å². The summed E-state index contributed by atoms with van der Waals surface area (Å²) in [6, 6.07) is 11.1. The van der Waals surface area contributed by atoms with E-state index in [4.69, 9.17) is 25.8 Å². The van der Waals surface area contributed by atoms with Crippen molar-refractivity contribution >= 4 is 45.1 Å². The molecule has 0 unspecified atom stereocenters. The van der Waals surface area contributed by atoms with Gasteiger partial charge in [-0.1, -0.05) is 29.0 Å². The maximum Gasteiger partial charge on any atom is 0.272 e. The molecule has 0 radical (unpaired) electrons. The number of benzene rings is 2. The molecule has 8 heteroatoms. The lowest BCUT2D eigenvalue weighted by molar-refractivity contribution is -0.113. The molecule has 6 nitrogen and oxygen atoms in total. The molecule has 1 amide bonds. The topological polar surface area (TPSA) is 62.1 Å². The van der Waals surface area contributed by atoms with Gasteiger partial charge in [-0.3, -0.25) is 4.79 Å². The van der Waals surface area contributed by atoms with Crippen LogP contribution in [0.1, 0.15) is 5.56 Å². The Morgan fingerprint density at radius 1 is 1.29 bits per heavy atom. The van der Waals surface area contributed by atoms with E-state index >= 15 is 0 Å². The zero-order chi connectivity index (χ0) is 19.5. The van der Waals surface area contributed by atoms with Gasteiger partial charge < -0.3 is 18.8 Å². The summed E-state index contributed by atoms with van der Waals surface area (Å²) in [4.78, 5) is 17.3. The number of halogens is 1. The third-order valence-electron chi connectivity index (χ3n) is 4.18. The molecule has 1 aliphatic heterocycles. The summed E-state index contributed by atoms with van der Waals surface area (Å²) < 4.78 is 18.8. The van der Waals surface area contributed by atoms with E-state index in [1.165, 1.54) is 17.4 Å². The Morgan fingerprint density at radius 2 is 2.14 bits per heavy atom. The van der Waals surface area contributed by atoms with Crippen LogP contribution in [0.2, 0.25) is 5.02 Å². The van der Waals surface area contributed by atoms with E-state index < -0.39 is 0 Å². The molecule has 2 aromatic carbocycles. The summed E-state index contributed by atoms with van der Waals surface area (Å²) >= 11 is 7.51. The molecule has 0 atom stereocenters. The molecule has 2 heterocycles. The smallest absolute Gasteiger partial charge is 0.272 e. The molecule has 4 rings (SSSR count). The second-order valence-corrected chi connectivity index (χ2v) is 7.48. The molecular formula is C20H17ClN2O4S. The average Bonchev–Trinajstić information content (AvgIpc) is 3.28. The van der Waals surface area contributed by atoms with Crippen LogP contribution in [-0.2, 0) is 16.1 Å². The van der Waals surface area contributed by atoms with Gasteiger partial charge >= 0.3 is 0 Å². The minimum Gasteiger partial charge on any atom is -0.454 e. The van der Waals surface area contributed by atoms with Gasteiger partial charge in [0.05, 0.1) is 16.8 Å². The summed E-state index contributed by atoms with van der Waals surface area (Å²) in [5.41, 5.74) is 1.81. The van der Waals surface area contributed by atoms with Gasteiger partial charge in [0, 0.05) is 24.8 Å². The normalized spacial score (nSPS) is 13.7. The van der Waals surface area contributed by atoms with Crippen LogP contribution in [0.25, 0.3) is 16.3 Å². The number of hydrogen-bond donors (Lipinski definition) is 0. The molecule has 0 bridgehead atoms. The van der Waals surface area contributed by atoms with Gasteiger partial charge in [0.1, 0.15) is 0 Å². The molecule has 144 valence electrons. The molecule has 0 saturated heterocycles. The minimum atomic E-state index is -0.346. The monoisotopic (exact) mass is 416 g/mol. The number of fused-ring (bicyclic) bond motifs is 2. The number of methoxy groups -OCH3 is 1. The Hall–Kier alpha value is -2.61. The maximum absolute atomic E-state index is 12.4. The largest absolute Gasteiger partial charge is 0.454 e. The number of carbonyl (C=O) groups is 1. The van der Waals surface area contributed by atoms with Crippen molar-refractivity contribution in [3.05, 3.63) is 57.9 Å². The SMILES string of the molecule is COCCn1c(=NC(=O)/C=C\c2ccc3c(c2)OCO3)sc2cc(Cl)ccc21. The van der Waals surface area contributed by atoms with Gasteiger partial charge in [0.15, 0.2) is 16.3 Å². The van der Waals surface area contributed by atoms with Gasteiger partial charge in [0.2, 0.25) is 6.79 Å². The second kappa shape index (κ2) is 8.18. The highest BCUT2D eigenvalue weighted by molar-refractivity contribution is 7.16. The Bertz CT molecular complexity index is 1130. The predicted molar refractivity (Wildman–Crippen MR) is 109 cm³/mol. The van der Waals surface area contributed by atoms with Gasteiger partial charge in [-0.25, -0.2) is 0 Å². The minimum absolute atomic E-state index is 0.216. The van der Waals surface area contributed by atoms with Crippen molar-refractivity contribution in [1.29, 1.82) is 0 Å². The first-order valence-electron chi connectivity index (χ1n) is 8.58. The Balaban J connectivity index is 1.63. The molecule has 1 aliphatic rings. The fourth-order valence-electron chi connectivity index (χ4n) is 2.85. The summed E-state index contributed by atoms with van der Waals surface area (Å²) in [6.45, 7) is 1.33. The standard InChI is InChI=1S/C20H17ClN2O4S/c1-25-9-8-23-15-5-4-14(21)11-18(15)28-20(23)22-19(24)7-3-13-2-6-16-17(10-13)27-12-26-16/h2-7,10-11H,8-9,12H2,1H3/b7-3-,22-20?. The molecule has 0 saturated carbocycles. The van der Waals surface area contributed by atoms with Crippen LogP contribution in [0.5, 0.6) is 11.5 Å². The van der Waals surface area contributed by atoms with E-state index in [1.807, 2.05) is 41.0 Å². The predicted octanol–water partition coefficient (Wildman–Crippen LogP) is 3.87. The van der Waals surface area contributed by atoms with Crippen LogP contribution in [-0.4, -0.2) is 31.0 Å². The van der Waals surface area contributed by atoms with Crippen LogP contribution in [0.4, 0.5) is 0 Å². The number of rotatable bonds is 5. The highest BCUT2D eigenvalue weighted by atomic mass is 35.5. The lowest BCUT2D eigenvalue weighted by Crippen LogP contribution is -2.18. The van der Waals surface area contributed by atoms with E-state index in [2.05, 4.69) is 4.99 Å². The van der Waals surface area contributed by atoms with Crippen molar-refractivity contribution in [2.45, 2.75) is 6.54 Å². The number of hydrogen-bond acceptors (Lipinski definition) is 5. The van der Waals surface area contributed by atoms with Crippen LogP contribution in [0.3, 0.4) is 0 Å². The lowest BCUT2D eigenvalue weighted by Gasteiger charge is -2.03. The highest BCUT2D eigenvalue weighted by Gasteiger charge is 2.12. The molecule has 1 aromatic heterocycles. The van der Waals surface area contributed by atoms with Gasteiger partial charge in [0.25, 0.3) is 5.91 Å². The third-order valence-corrected chi connectivity index (χ3v) is 5.46. The van der Waals surface area contributed by atoms with Crippen molar-refractivity contribution in [2.75, 3.05) is 20.5 Å². The molecule has 3 aromatic rings. The van der Waals surface area contributed by atoms with Crippen LogP contribution >= 0.6 is 22.9 Å². The first kappa shape index (κ1) is 18.7. The fourth-order valence-corrected chi connectivity index (χ4v) is 4.18. The van der Waals surface area contributed by atoms with E-state index in [-0.39, 0.29) is 12.7 Å². The van der Waals surface area contributed by atoms with Crippen LogP contribution in [0.15, 0.2) is 47.5 Å². The molecule has 0 fully saturated rings. The number of nitrogens with zero attached hydrogens (tertiary/aromatic N) is 2. The quantitative estimate of drug-likeness (QED) is 0.592. The highest BCUT2D eigenvalue weighted by Crippen LogP contribution is 2.32. The summed E-state index contributed by atoms with van der Waals surface area (Å²) in [5.74, 6) is 1.03. The van der Waals surface area contributed by atoms with Crippen molar-refractivity contribution in [3.63, 3.8) is 0 Å². The molecule has 0 N–H and O–H groups in total. The molecule has 0 spiro atoms. The van der Waals surface area contributed by atoms with Gasteiger partial charge in [-0.2, -0.15) is 4.99 Å². The lowest BCUT2D eigenvalue weighted by atomic mass is 10.2. The van der Waals surface area contributed by atoms with Gasteiger partial charge in [-0.15, -0.1) is 0 Å². The summed E-state index contributed by atoms with van der Waals surface area (Å²) in [5, 5.41) is 0.647. The zero-order valence-electron chi connectivity index (χ0n) is 15.1. The maximum atomic E-state index is 12.4. The van der Waals surface area contributed by atoms with Crippen molar-refractivity contribution < 1.29 is 19.0 Å². The van der Waals surface area contributed by atoms with Crippen molar-refractivity contribution in [1.82, 2.24) is 4.57 Å². The first-order chi connectivity index (χ1) is 13.6. The number of carbonyl (C=O) groups excluding carboxylic acids is 1. The third kappa shape index (κ3) is 3.96. The first-order valence-corrected chi connectivity index (χ1v) is 9.78. The number of aromatic nitrogens is 1. The fraction of sp³-hybridized carbons (Fsp3) is 0.200. The molecule has 28 heavy (non-hydrogen) atoms. The second-order valence-electron chi connectivity index (χ2n) is 6.04. The summed E-state index contributed by atoms with van der Waals surface area (Å²) in [6.07, 6.45) is 3.15. The van der Waals surface area contributed by atoms with E-state index in [9.17, 15) is 4.79 Å². The Kier molecular flexibility index (Phi) is 5.47. The Morgan fingerprint density at radius 3 is 3.00 bits per heavy atom. The average molecular weight is 417 g/mol.